The van der Waals surface area contributed by atoms with Crippen molar-refractivity contribution >= 4 is 19.7 Å². The van der Waals surface area contributed by atoms with E-state index in [1.807, 2.05) is 0 Å². The highest BCUT2D eigenvalue weighted by Gasteiger charge is 2.12. The van der Waals surface area contributed by atoms with Gasteiger partial charge in [0.15, 0.2) is 0 Å². The highest BCUT2D eigenvalue weighted by Crippen LogP contribution is 2.17. The van der Waals surface area contributed by atoms with Crippen molar-refractivity contribution in [2.45, 2.75) is 19.6 Å². The van der Waals surface area contributed by atoms with E-state index in [2.05, 4.69) is 0 Å². The van der Waals surface area contributed by atoms with Crippen molar-refractivity contribution in [2.24, 2.45) is 0 Å². The molecule has 1 aromatic heterocycles. The van der Waals surface area contributed by atoms with Gasteiger partial charge in [-0.1, -0.05) is 0 Å². The van der Waals surface area contributed by atoms with Gasteiger partial charge in [0.05, 0.1) is 5.75 Å². The lowest BCUT2D eigenvalue weighted by Gasteiger charge is -1.92. The Hall–Kier alpha value is -0.480. The largest absolute Gasteiger partial charge is 0.466 e. The van der Waals surface area contributed by atoms with Crippen LogP contribution in [0.5, 0.6) is 0 Å². The predicted molar refractivity (Wildman–Crippen MR) is 46.7 cm³/mol. The summed E-state index contributed by atoms with van der Waals surface area (Å²) in [7, 11) is 1.61. The SMILES string of the molecule is Cc1cc(CS(=O)(=O)Cl)c(C)o1. The number of hydrogen-bond acceptors (Lipinski definition) is 3. The summed E-state index contributed by atoms with van der Waals surface area (Å²) in [6, 6.07) is 1.68. The molecule has 1 heterocycles. The van der Waals surface area contributed by atoms with Gasteiger partial charge in [-0.25, -0.2) is 8.42 Å². The first kappa shape index (κ1) is 9.61. The molecular weight excluding hydrogens is 200 g/mol. The lowest BCUT2D eigenvalue weighted by atomic mass is 10.3. The van der Waals surface area contributed by atoms with Crippen LogP contribution in [0, 0.1) is 13.8 Å². The van der Waals surface area contributed by atoms with E-state index >= 15 is 0 Å². The first-order valence-corrected chi connectivity index (χ1v) is 5.84. The lowest BCUT2D eigenvalue weighted by molar-refractivity contribution is 0.502. The fourth-order valence-corrected chi connectivity index (χ4v) is 2.02. The summed E-state index contributed by atoms with van der Waals surface area (Å²) in [5, 5.41) is 0. The van der Waals surface area contributed by atoms with Crippen LogP contribution < -0.4 is 0 Å². The molecule has 0 amide bonds. The minimum atomic E-state index is -3.47. The number of furan rings is 1. The molecule has 0 aliphatic carbocycles. The summed E-state index contributed by atoms with van der Waals surface area (Å²) in [6.45, 7) is 3.47. The smallest absolute Gasteiger partial charge is 0.236 e. The molecule has 0 N–H and O–H groups in total. The Balaban J connectivity index is 2.97. The van der Waals surface area contributed by atoms with Gasteiger partial charge in [0.2, 0.25) is 9.05 Å². The molecule has 0 bridgehead atoms. The molecule has 0 fully saturated rings. The molecule has 0 unspecified atom stereocenters. The van der Waals surface area contributed by atoms with E-state index < -0.39 is 9.05 Å². The molecule has 0 atom stereocenters. The van der Waals surface area contributed by atoms with Gasteiger partial charge in [0, 0.05) is 16.2 Å². The molecule has 0 spiro atoms. The van der Waals surface area contributed by atoms with Crippen molar-refractivity contribution in [2.75, 3.05) is 0 Å². The lowest BCUT2D eigenvalue weighted by Crippen LogP contribution is -1.94. The highest BCUT2D eigenvalue weighted by molar-refractivity contribution is 8.13. The van der Waals surface area contributed by atoms with Gasteiger partial charge in [0.25, 0.3) is 0 Å². The van der Waals surface area contributed by atoms with Crippen LogP contribution in [0.2, 0.25) is 0 Å². The quantitative estimate of drug-likeness (QED) is 0.699. The Morgan fingerprint density at radius 3 is 2.42 bits per heavy atom. The molecule has 0 aromatic carbocycles. The summed E-state index contributed by atoms with van der Waals surface area (Å²) < 4.78 is 26.5. The van der Waals surface area contributed by atoms with Crippen LogP contribution in [-0.2, 0) is 14.8 Å². The maximum atomic E-state index is 10.7. The van der Waals surface area contributed by atoms with Crippen LogP contribution >= 0.6 is 10.7 Å². The molecule has 5 heteroatoms. The first-order chi connectivity index (χ1) is 5.38. The van der Waals surface area contributed by atoms with Crippen LogP contribution in [0.4, 0.5) is 0 Å². The number of hydrogen-bond donors (Lipinski definition) is 0. The van der Waals surface area contributed by atoms with E-state index in [-0.39, 0.29) is 5.75 Å². The van der Waals surface area contributed by atoms with Crippen molar-refractivity contribution in [3.8, 4) is 0 Å². The van der Waals surface area contributed by atoms with Gasteiger partial charge in [-0.2, -0.15) is 0 Å². The summed E-state index contributed by atoms with van der Waals surface area (Å²) in [5.41, 5.74) is 0.627. The standard InChI is InChI=1S/C7H9ClO3S/c1-5-3-7(6(2)11-5)4-12(8,9)10/h3H,4H2,1-2H3. The Morgan fingerprint density at radius 2 is 2.08 bits per heavy atom. The van der Waals surface area contributed by atoms with E-state index in [4.69, 9.17) is 15.1 Å². The molecule has 0 saturated heterocycles. The normalized spacial score (nSPS) is 11.9. The third-order valence-electron chi connectivity index (χ3n) is 1.47. The van der Waals surface area contributed by atoms with Crippen molar-refractivity contribution in [3.05, 3.63) is 23.2 Å². The van der Waals surface area contributed by atoms with Crippen LogP contribution in [0.3, 0.4) is 0 Å². The van der Waals surface area contributed by atoms with Crippen molar-refractivity contribution < 1.29 is 12.8 Å². The minimum absolute atomic E-state index is 0.169. The Morgan fingerprint density at radius 1 is 1.50 bits per heavy atom. The fraction of sp³-hybridized carbons (Fsp3) is 0.429. The summed E-state index contributed by atoms with van der Waals surface area (Å²) in [6.07, 6.45) is 0. The van der Waals surface area contributed by atoms with Gasteiger partial charge in [0.1, 0.15) is 11.5 Å². The van der Waals surface area contributed by atoms with Crippen molar-refractivity contribution in [1.29, 1.82) is 0 Å². The molecule has 12 heavy (non-hydrogen) atoms. The summed E-state index contributed by atoms with van der Waals surface area (Å²) >= 11 is 0. The van der Waals surface area contributed by atoms with Crippen molar-refractivity contribution in [3.63, 3.8) is 0 Å². The van der Waals surface area contributed by atoms with Gasteiger partial charge in [-0.3, -0.25) is 0 Å². The van der Waals surface area contributed by atoms with E-state index in [0.717, 1.165) is 0 Å². The van der Waals surface area contributed by atoms with Crippen LogP contribution in [0.1, 0.15) is 17.1 Å². The predicted octanol–water partition coefficient (Wildman–Crippen LogP) is 1.97. The summed E-state index contributed by atoms with van der Waals surface area (Å²) in [4.78, 5) is 0. The molecule has 1 rings (SSSR count). The third-order valence-corrected chi connectivity index (χ3v) is 2.45. The van der Waals surface area contributed by atoms with E-state index in [9.17, 15) is 8.42 Å². The van der Waals surface area contributed by atoms with E-state index in [0.29, 0.717) is 17.1 Å². The van der Waals surface area contributed by atoms with Gasteiger partial charge in [-0.15, -0.1) is 0 Å². The zero-order chi connectivity index (χ0) is 9.35. The Labute approximate surface area is 75.8 Å². The molecule has 0 saturated carbocycles. The second-order valence-electron chi connectivity index (χ2n) is 2.62. The second-order valence-corrected chi connectivity index (χ2v) is 5.40. The topological polar surface area (TPSA) is 47.3 Å². The third kappa shape index (κ3) is 2.53. The first-order valence-electron chi connectivity index (χ1n) is 3.37. The molecular formula is C7H9ClO3S. The maximum Gasteiger partial charge on any atom is 0.236 e. The monoisotopic (exact) mass is 208 g/mol. The Bertz CT molecular complexity index is 377. The van der Waals surface area contributed by atoms with E-state index in [1.165, 1.54) is 0 Å². The number of aryl methyl sites for hydroxylation is 2. The second kappa shape index (κ2) is 3.11. The average Bonchev–Trinajstić information content (AvgIpc) is 2.06. The minimum Gasteiger partial charge on any atom is -0.466 e. The molecule has 68 valence electrons. The molecule has 0 aliphatic heterocycles. The average molecular weight is 209 g/mol. The highest BCUT2D eigenvalue weighted by atomic mass is 35.7. The summed E-state index contributed by atoms with van der Waals surface area (Å²) in [5.74, 6) is 1.14. The Kier molecular flexibility index (Phi) is 2.49. The van der Waals surface area contributed by atoms with Crippen molar-refractivity contribution in [1.82, 2.24) is 0 Å². The molecule has 3 nitrogen and oxygen atoms in total. The maximum absolute atomic E-state index is 10.7. The number of rotatable bonds is 2. The zero-order valence-corrected chi connectivity index (χ0v) is 8.37. The molecule has 0 aliphatic rings. The van der Waals surface area contributed by atoms with Crippen LogP contribution in [-0.4, -0.2) is 8.42 Å². The van der Waals surface area contributed by atoms with Crippen LogP contribution in [0.25, 0.3) is 0 Å². The zero-order valence-electron chi connectivity index (χ0n) is 6.80. The molecule has 1 aromatic rings. The fourth-order valence-electron chi connectivity index (χ4n) is 1.01. The van der Waals surface area contributed by atoms with Gasteiger partial charge in [-0.05, 0) is 19.9 Å². The van der Waals surface area contributed by atoms with Gasteiger partial charge >= 0.3 is 0 Å². The van der Waals surface area contributed by atoms with Crippen LogP contribution in [0.15, 0.2) is 10.5 Å². The molecule has 0 radical (unpaired) electrons. The van der Waals surface area contributed by atoms with E-state index in [1.54, 1.807) is 19.9 Å². The van der Waals surface area contributed by atoms with Gasteiger partial charge < -0.3 is 4.42 Å². The number of halogens is 1.